The van der Waals surface area contributed by atoms with Gasteiger partial charge in [-0.2, -0.15) is 0 Å². The Hall–Kier alpha value is -3.15. The highest BCUT2D eigenvalue weighted by molar-refractivity contribution is 6.04. The van der Waals surface area contributed by atoms with Gasteiger partial charge in [-0.25, -0.2) is 9.37 Å². The van der Waals surface area contributed by atoms with E-state index in [1.54, 1.807) is 30.5 Å². The predicted octanol–water partition coefficient (Wildman–Crippen LogP) is 3.86. The highest BCUT2D eigenvalue weighted by Gasteiger charge is 2.17. The number of aryl methyl sites for hydroxylation is 2. The molecule has 2 aromatic carbocycles. The second-order valence-electron chi connectivity index (χ2n) is 6.46. The van der Waals surface area contributed by atoms with Crippen LogP contribution in [0.1, 0.15) is 29.2 Å². The molecule has 3 N–H and O–H groups in total. The van der Waals surface area contributed by atoms with Crippen LogP contribution < -0.4 is 11.1 Å². The number of aromatic nitrogens is 2. The van der Waals surface area contributed by atoms with Gasteiger partial charge in [-0.3, -0.25) is 4.79 Å². The number of imidazole rings is 1. The fourth-order valence-corrected chi connectivity index (χ4v) is 3.19. The van der Waals surface area contributed by atoms with Crippen molar-refractivity contribution in [3.8, 4) is 11.1 Å². The van der Waals surface area contributed by atoms with Crippen LogP contribution in [0.3, 0.4) is 0 Å². The molecule has 0 spiro atoms. The van der Waals surface area contributed by atoms with Crippen LogP contribution in [-0.2, 0) is 13.0 Å². The summed E-state index contributed by atoms with van der Waals surface area (Å²) in [5, 5.41) is 2.84. The van der Waals surface area contributed by atoms with Crippen LogP contribution in [0, 0.1) is 5.82 Å². The van der Waals surface area contributed by atoms with E-state index in [4.69, 9.17) is 5.73 Å². The van der Waals surface area contributed by atoms with Gasteiger partial charge >= 0.3 is 0 Å². The van der Waals surface area contributed by atoms with Crippen molar-refractivity contribution in [1.29, 1.82) is 0 Å². The summed E-state index contributed by atoms with van der Waals surface area (Å²) in [6.45, 7) is 0.901. The van der Waals surface area contributed by atoms with E-state index >= 15 is 0 Å². The number of anilines is 2. The minimum Gasteiger partial charge on any atom is -0.397 e. The molecule has 0 unspecified atom stereocenters. The number of amides is 1. The monoisotopic (exact) mass is 350 g/mol. The Labute approximate surface area is 150 Å². The van der Waals surface area contributed by atoms with Gasteiger partial charge in [0.15, 0.2) is 0 Å². The highest BCUT2D eigenvalue weighted by Crippen LogP contribution is 2.28. The van der Waals surface area contributed by atoms with E-state index in [1.807, 2.05) is 10.6 Å². The Morgan fingerprint density at radius 2 is 1.88 bits per heavy atom. The number of carbonyl (C=O) groups excluding carboxylic acids is 1. The number of nitrogens with one attached hydrogen (secondary N) is 1. The lowest BCUT2D eigenvalue weighted by atomic mass is 10.0. The molecule has 0 saturated carbocycles. The number of rotatable bonds is 3. The Kier molecular flexibility index (Phi) is 4.16. The fourth-order valence-electron chi connectivity index (χ4n) is 3.19. The summed E-state index contributed by atoms with van der Waals surface area (Å²) in [6.07, 6.45) is 4.90. The summed E-state index contributed by atoms with van der Waals surface area (Å²) in [5.74, 6) is 0.380. The average molecular weight is 350 g/mol. The lowest BCUT2D eigenvalue weighted by Crippen LogP contribution is -2.13. The van der Waals surface area contributed by atoms with Crippen molar-refractivity contribution in [2.75, 3.05) is 11.1 Å². The molecule has 6 heteroatoms. The van der Waals surface area contributed by atoms with Gasteiger partial charge < -0.3 is 15.6 Å². The molecule has 2 heterocycles. The van der Waals surface area contributed by atoms with Crippen LogP contribution in [0.15, 0.2) is 48.7 Å². The maximum atomic E-state index is 13.1. The molecule has 1 aromatic heterocycles. The molecular weight excluding hydrogens is 331 g/mol. The number of nitrogen functional groups attached to an aromatic ring is 1. The number of nitrogens with two attached hydrogens (primary N) is 1. The molecule has 0 bridgehead atoms. The standard InChI is InChI=1S/C20H19FN4O/c21-15-7-4-13(5-8-15)14-6-9-16(22)17(11-14)24-20(26)18-12-25-10-2-1-3-19(25)23-18/h4-9,11-12H,1-3,10,22H2,(H,24,26). The molecule has 132 valence electrons. The van der Waals surface area contributed by atoms with E-state index in [9.17, 15) is 9.18 Å². The molecule has 0 fully saturated rings. The zero-order valence-electron chi connectivity index (χ0n) is 14.2. The SMILES string of the molecule is Nc1ccc(-c2ccc(F)cc2)cc1NC(=O)c1cn2c(n1)CCCC2. The molecule has 26 heavy (non-hydrogen) atoms. The van der Waals surface area contributed by atoms with Gasteiger partial charge in [-0.15, -0.1) is 0 Å². The maximum Gasteiger partial charge on any atom is 0.275 e. The molecule has 1 amide bonds. The van der Waals surface area contributed by atoms with Crippen molar-refractivity contribution in [2.45, 2.75) is 25.8 Å². The van der Waals surface area contributed by atoms with Crippen molar-refractivity contribution in [3.05, 3.63) is 66.0 Å². The molecule has 5 nitrogen and oxygen atoms in total. The molecule has 1 aliphatic rings. The summed E-state index contributed by atoms with van der Waals surface area (Å²) >= 11 is 0. The highest BCUT2D eigenvalue weighted by atomic mass is 19.1. The third-order valence-electron chi connectivity index (χ3n) is 4.62. The van der Waals surface area contributed by atoms with Gasteiger partial charge in [0.25, 0.3) is 5.91 Å². The average Bonchev–Trinajstić information content (AvgIpc) is 3.09. The normalized spacial score (nSPS) is 13.3. The van der Waals surface area contributed by atoms with E-state index in [2.05, 4.69) is 10.3 Å². The van der Waals surface area contributed by atoms with E-state index in [-0.39, 0.29) is 11.7 Å². The summed E-state index contributed by atoms with van der Waals surface area (Å²) < 4.78 is 15.2. The molecule has 0 saturated heterocycles. The Balaban J connectivity index is 1.59. The number of halogens is 1. The van der Waals surface area contributed by atoms with Gasteiger partial charge in [-0.1, -0.05) is 18.2 Å². The van der Waals surface area contributed by atoms with Crippen molar-refractivity contribution in [2.24, 2.45) is 0 Å². The van der Waals surface area contributed by atoms with Crippen LogP contribution in [0.5, 0.6) is 0 Å². The second-order valence-corrected chi connectivity index (χ2v) is 6.46. The van der Waals surface area contributed by atoms with Gasteiger partial charge in [0, 0.05) is 19.2 Å². The molecule has 4 rings (SSSR count). The minimum absolute atomic E-state index is 0.283. The number of nitrogens with zero attached hydrogens (tertiary/aromatic N) is 2. The van der Waals surface area contributed by atoms with Gasteiger partial charge in [0.1, 0.15) is 17.3 Å². The maximum absolute atomic E-state index is 13.1. The smallest absolute Gasteiger partial charge is 0.275 e. The first kappa shape index (κ1) is 16.3. The molecule has 0 atom stereocenters. The third-order valence-corrected chi connectivity index (χ3v) is 4.62. The molecule has 1 aliphatic heterocycles. The summed E-state index contributed by atoms with van der Waals surface area (Å²) in [7, 11) is 0. The topological polar surface area (TPSA) is 72.9 Å². The minimum atomic E-state index is -0.290. The van der Waals surface area contributed by atoms with Crippen LogP contribution in [0.4, 0.5) is 15.8 Å². The molecule has 0 aliphatic carbocycles. The zero-order chi connectivity index (χ0) is 18.1. The van der Waals surface area contributed by atoms with E-state index < -0.39 is 0 Å². The molecular formula is C20H19FN4O. The van der Waals surface area contributed by atoms with Crippen LogP contribution in [0.25, 0.3) is 11.1 Å². The third kappa shape index (κ3) is 3.18. The number of hydrogen-bond acceptors (Lipinski definition) is 3. The van der Waals surface area contributed by atoms with Crippen molar-refractivity contribution >= 4 is 17.3 Å². The molecule has 3 aromatic rings. The van der Waals surface area contributed by atoms with Crippen molar-refractivity contribution < 1.29 is 9.18 Å². The van der Waals surface area contributed by atoms with Crippen molar-refractivity contribution in [3.63, 3.8) is 0 Å². The fraction of sp³-hybridized carbons (Fsp3) is 0.200. The first-order valence-corrected chi connectivity index (χ1v) is 8.63. The number of benzene rings is 2. The van der Waals surface area contributed by atoms with E-state index in [0.717, 1.165) is 42.8 Å². The number of carbonyl (C=O) groups is 1. The van der Waals surface area contributed by atoms with Crippen molar-refractivity contribution in [1.82, 2.24) is 9.55 Å². The summed E-state index contributed by atoms with van der Waals surface area (Å²) in [5.41, 5.74) is 9.09. The number of hydrogen-bond donors (Lipinski definition) is 2. The summed E-state index contributed by atoms with van der Waals surface area (Å²) in [6, 6.07) is 11.5. The second kappa shape index (κ2) is 6.63. The van der Waals surface area contributed by atoms with Crippen LogP contribution in [-0.4, -0.2) is 15.5 Å². The Morgan fingerprint density at radius 1 is 1.12 bits per heavy atom. The Morgan fingerprint density at radius 3 is 2.65 bits per heavy atom. The van der Waals surface area contributed by atoms with Gasteiger partial charge in [-0.05, 0) is 48.2 Å². The van der Waals surface area contributed by atoms with E-state index in [0.29, 0.717) is 17.1 Å². The van der Waals surface area contributed by atoms with Crippen LogP contribution in [0.2, 0.25) is 0 Å². The van der Waals surface area contributed by atoms with Gasteiger partial charge in [0.2, 0.25) is 0 Å². The summed E-state index contributed by atoms with van der Waals surface area (Å²) in [4.78, 5) is 17.0. The van der Waals surface area contributed by atoms with Gasteiger partial charge in [0.05, 0.1) is 11.4 Å². The largest absolute Gasteiger partial charge is 0.397 e. The molecule has 0 radical (unpaired) electrons. The quantitative estimate of drug-likeness (QED) is 0.705. The lowest BCUT2D eigenvalue weighted by Gasteiger charge is -2.11. The van der Waals surface area contributed by atoms with Crippen LogP contribution >= 0.6 is 0 Å². The predicted molar refractivity (Wildman–Crippen MR) is 99.4 cm³/mol. The Bertz CT molecular complexity index is 939. The lowest BCUT2D eigenvalue weighted by molar-refractivity contribution is 0.102. The first-order chi connectivity index (χ1) is 12.6. The first-order valence-electron chi connectivity index (χ1n) is 8.63. The number of fused-ring (bicyclic) bond motifs is 1. The van der Waals surface area contributed by atoms with E-state index in [1.165, 1.54) is 12.1 Å². The zero-order valence-corrected chi connectivity index (χ0v) is 14.2.